The highest BCUT2D eigenvalue weighted by molar-refractivity contribution is 5.94. The molecule has 0 bridgehead atoms. The lowest BCUT2D eigenvalue weighted by Gasteiger charge is -2.25. The van der Waals surface area contributed by atoms with Crippen LogP contribution in [0, 0.1) is 11.7 Å². The molecule has 1 aliphatic heterocycles. The molecular weight excluding hydrogens is 312 g/mol. The summed E-state index contributed by atoms with van der Waals surface area (Å²) in [5.74, 6) is -0.741. The van der Waals surface area contributed by atoms with Crippen LogP contribution in [0.2, 0.25) is 0 Å². The summed E-state index contributed by atoms with van der Waals surface area (Å²) < 4.78 is 50.6. The number of likely N-dealkylation sites (tertiary alicyclic amines) is 1. The van der Waals surface area contributed by atoms with Gasteiger partial charge in [-0.2, -0.15) is 13.2 Å². The third kappa shape index (κ3) is 5.20. The van der Waals surface area contributed by atoms with Gasteiger partial charge in [0.1, 0.15) is 5.82 Å². The number of hydrogen-bond donors (Lipinski definition) is 0. The van der Waals surface area contributed by atoms with Crippen LogP contribution in [0.25, 0.3) is 0 Å². The van der Waals surface area contributed by atoms with Gasteiger partial charge in [-0.1, -0.05) is 13.0 Å². The highest BCUT2D eigenvalue weighted by Gasteiger charge is 2.33. The van der Waals surface area contributed by atoms with E-state index in [1.807, 2.05) is 0 Å². The average molecular weight is 332 g/mol. The third-order valence-corrected chi connectivity index (χ3v) is 4.01. The zero-order valence-electron chi connectivity index (χ0n) is 12.9. The summed E-state index contributed by atoms with van der Waals surface area (Å²) in [6.07, 6.45) is -3.55. The zero-order valence-corrected chi connectivity index (χ0v) is 12.9. The Morgan fingerprint density at radius 2 is 2.13 bits per heavy atom. The van der Waals surface area contributed by atoms with Gasteiger partial charge in [0.05, 0.1) is 6.54 Å². The third-order valence-electron chi connectivity index (χ3n) is 4.01. The molecule has 1 heterocycles. The Labute approximate surface area is 132 Å². The van der Waals surface area contributed by atoms with Crippen molar-refractivity contribution in [3.8, 4) is 0 Å². The van der Waals surface area contributed by atoms with E-state index in [2.05, 4.69) is 0 Å². The van der Waals surface area contributed by atoms with Gasteiger partial charge < -0.3 is 4.90 Å². The Bertz CT molecular complexity index is 547. The largest absolute Gasteiger partial charge is 0.401 e. The Morgan fingerprint density at radius 1 is 1.39 bits per heavy atom. The van der Waals surface area contributed by atoms with Gasteiger partial charge >= 0.3 is 6.18 Å². The standard InChI is InChI=1S/C16H20F4N2O/c1-2-21(11-16(18,19)20)9-12-6-7-22(10-12)15(23)13-4-3-5-14(17)8-13/h3-5,8,12H,2,6-7,9-11H2,1H3/t12-/m1/s1. The lowest BCUT2D eigenvalue weighted by Crippen LogP contribution is -2.38. The smallest absolute Gasteiger partial charge is 0.338 e. The van der Waals surface area contributed by atoms with E-state index in [0.717, 1.165) is 0 Å². The van der Waals surface area contributed by atoms with Gasteiger partial charge in [-0.25, -0.2) is 4.39 Å². The Balaban J connectivity index is 1.91. The fourth-order valence-electron chi connectivity index (χ4n) is 2.89. The van der Waals surface area contributed by atoms with E-state index < -0.39 is 18.5 Å². The molecule has 1 aromatic rings. The highest BCUT2D eigenvalue weighted by atomic mass is 19.4. The number of rotatable bonds is 5. The zero-order chi connectivity index (χ0) is 17.0. The fraction of sp³-hybridized carbons (Fsp3) is 0.562. The Kier molecular flexibility index (Phi) is 5.62. The molecule has 1 aliphatic rings. The first-order valence-electron chi connectivity index (χ1n) is 7.62. The maximum Gasteiger partial charge on any atom is 0.401 e. The second-order valence-corrected chi connectivity index (χ2v) is 5.86. The molecule has 1 amide bonds. The molecule has 0 N–H and O–H groups in total. The summed E-state index contributed by atoms with van der Waals surface area (Å²) in [6, 6.07) is 5.45. The van der Waals surface area contributed by atoms with Crippen LogP contribution in [0.5, 0.6) is 0 Å². The maximum absolute atomic E-state index is 13.2. The SMILES string of the molecule is CCN(C[C@H]1CCN(C(=O)c2cccc(F)c2)C1)CC(F)(F)F. The molecule has 23 heavy (non-hydrogen) atoms. The van der Waals surface area contributed by atoms with E-state index in [1.54, 1.807) is 17.9 Å². The number of alkyl halides is 3. The molecule has 7 heteroatoms. The van der Waals surface area contributed by atoms with Gasteiger partial charge in [0.15, 0.2) is 0 Å². The molecular formula is C16H20F4N2O. The monoisotopic (exact) mass is 332 g/mol. The molecule has 0 saturated carbocycles. The van der Waals surface area contributed by atoms with Gasteiger partial charge in [0, 0.05) is 25.2 Å². The number of carbonyl (C=O) groups is 1. The van der Waals surface area contributed by atoms with Gasteiger partial charge in [-0.05, 0) is 37.1 Å². The van der Waals surface area contributed by atoms with Crippen LogP contribution in [0.1, 0.15) is 23.7 Å². The van der Waals surface area contributed by atoms with Crippen molar-refractivity contribution < 1.29 is 22.4 Å². The number of amides is 1. The van der Waals surface area contributed by atoms with Gasteiger partial charge in [0.25, 0.3) is 5.91 Å². The second-order valence-electron chi connectivity index (χ2n) is 5.86. The summed E-state index contributed by atoms with van der Waals surface area (Å²) in [5.41, 5.74) is 0.272. The minimum Gasteiger partial charge on any atom is -0.338 e. The van der Waals surface area contributed by atoms with E-state index in [4.69, 9.17) is 0 Å². The topological polar surface area (TPSA) is 23.6 Å². The van der Waals surface area contributed by atoms with Crippen LogP contribution in [0.3, 0.4) is 0 Å². The van der Waals surface area contributed by atoms with E-state index in [-0.39, 0.29) is 17.4 Å². The highest BCUT2D eigenvalue weighted by Crippen LogP contribution is 2.22. The average Bonchev–Trinajstić information content (AvgIpc) is 2.92. The summed E-state index contributed by atoms with van der Waals surface area (Å²) in [5, 5.41) is 0. The van der Waals surface area contributed by atoms with Crippen LogP contribution in [0.15, 0.2) is 24.3 Å². The molecule has 0 unspecified atom stereocenters. The van der Waals surface area contributed by atoms with E-state index in [1.165, 1.54) is 23.1 Å². The molecule has 128 valence electrons. The van der Waals surface area contributed by atoms with E-state index in [0.29, 0.717) is 32.6 Å². The number of benzene rings is 1. The fourth-order valence-corrected chi connectivity index (χ4v) is 2.89. The number of carbonyl (C=O) groups excluding carboxylic acids is 1. The molecule has 3 nitrogen and oxygen atoms in total. The van der Waals surface area contributed by atoms with Gasteiger partial charge in [-0.15, -0.1) is 0 Å². The molecule has 0 radical (unpaired) electrons. The van der Waals surface area contributed by atoms with Crippen molar-refractivity contribution in [2.24, 2.45) is 5.92 Å². The predicted octanol–water partition coefficient (Wildman–Crippen LogP) is 3.17. The van der Waals surface area contributed by atoms with Crippen LogP contribution in [-0.4, -0.2) is 54.6 Å². The quantitative estimate of drug-likeness (QED) is 0.773. The summed E-state index contributed by atoms with van der Waals surface area (Å²) in [6.45, 7) is 2.28. The van der Waals surface area contributed by atoms with Gasteiger partial charge in [-0.3, -0.25) is 9.69 Å². The summed E-state index contributed by atoms with van der Waals surface area (Å²) >= 11 is 0. The second kappa shape index (κ2) is 7.29. The minimum absolute atomic E-state index is 0.00908. The lowest BCUT2D eigenvalue weighted by molar-refractivity contribution is -0.146. The molecule has 1 atom stereocenters. The molecule has 2 rings (SSSR count). The first-order valence-corrected chi connectivity index (χ1v) is 7.62. The van der Waals surface area contributed by atoms with E-state index in [9.17, 15) is 22.4 Å². The normalized spacial score (nSPS) is 18.7. The molecule has 0 aromatic heterocycles. The van der Waals surface area contributed by atoms with Crippen molar-refractivity contribution in [2.75, 3.05) is 32.7 Å². The first-order chi connectivity index (χ1) is 10.8. The Morgan fingerprint density at radius 3 is 2.74 bits per heavy atom. The van der Waals surface area contributed by atoms with Crippen molar-refractivity contribution in [3.63, 3.8) is 0 Å². The number of nitrogens with zero attached hydrogens (tertiary/aromatic N) is 2. The van der Waals surface area contributed by atoms with Crippen molar-refractivity contribution >= 4 is 5.91 Å². The molecule has 0 spiro atoms. The van der Waals surface area contributed by atoms with Gasteiger partial charge in [0.2, 0.25) is 0 Å². The lowest BCUT2D eigenvalue weighted by atomic mass is 10.1. The van der Waals surface area contributed by atoms with E-state index >= 15 is 0 Å². The summed E-state index contributed by atoms with van der Waals surface area (Å²) in [7, 11) is 0. The van der Waals surface area contributed by atoms with Crippen molar-refractivity contribution in [3.05, 3.63) is 35.6 Å². The van der Waals surface area contributed by atoms with Crippen LogP contribution in [0.4, 0.5) is 17.6 Å². The molecule has 1 fully saturated rings. The van der Waals surface area contributed by atoms with Crippen molar-refractivity contribution in [1.29, 1.82) is 0 Å². The van der Waals surface area contributed by atoms with Crippen LogP contribution in [-0.2, 0) is 0 Å². The van der Waals surface area contributed by atoms with Crippen molar-refractivity contribution in [1.82, 2.24) is 9.80 Å². The number of halogens is 4. The van der Waals surface area contributed by atoms with Crippen LogP contribution >= 0.6 is 0 Å². The molecule has 1 saturated heterocycles. The predicted molar refractivity (Wildman–Crippen MR) is 78.6 cm³/mol. The van der Waals surface area contributed by atoms with Crippen molar-refractivity contribution in [2.45, 2.75) is 19.5 Å². The minimum atomic E-state index is -4.22. The van der Waals surface area contributed by atoms with Crippen LogP contribution < -0.4 is 0 Å². The number of hydrogen-bond acceptors (Lipinski definition) is 2. The first kappa shape index (κ1) is 17.7. The summed E-state index contributed by atoms with van der Waals surface area (Å²) in [4.78, 5) is 15.2. The maximum atomic E-state index is 13.2. The molecule has 1 aromatic carbocycles. The molecule has 0 aliphatic carbocycles. The Hall–Kier alpha value is -1.63.